The number of benzene rings is 2. The van der Waals surface area contributed by atoms with E-state index >= 15 is 0 Å². The van der Waals surface area contributed by atoms with Gasteiger partial charge < -0.3 is 19.3 Å². The third-order valence-electron chi connectivity index (χ3n) is 9.54. The number of pyridine rings is 2. The summed E-state index contributed by atoms with van der Waals surface area (Å²) in [6, 6.07) is 20.8. The standard InChI is InChI=1S/C19H20BrN3O3.C19H21N3O3/c20-15-11-23-16(19(25)21-9-5-2-6-10-22(23)13-21)18(17(15)24)26-12-14-7-3-1-4-8-14;23-16-9-12-22-17(18(16)25-13-15-7-3-1-4-8-15)19(24)20-10-5-2-6-11-21(22)14-20/h1,3-4,7-8,11H,2,5-6,9-10,12-13H2;1,3-4,7-9,12H,2,5-6,10-11,13-14H2. The summed E-state index contributed by atoms with van der Waals surface area (Å²) in [4.78, 5) is 54.7. The highest BCUT2D eigenvalue weighted by Crippen LogP contribution is 2.27. The van der Waals surface area contributed by atoms with Crippen LogP contribution in [0.3, 0.4) is 0 Å². The van der Waals surface area contributed by atoms with Gasteiger partial charge in [-0.25, -0.2) is 0 Å². The summed E-state index contributed by atoms with van der Waals surface area (Å²) < 4.78 is 15.7. The molecular weight excluding hydrogens is 716 g/mol. The lowest BCUT2D eigenvalue weighted by atomic mass is 10.1. The second-order valence-corrected chi connectivity index (χ2v) is 13.9. The first-order valence-corrected chi connectivity index (χ1v) is 18.3. The molecule has 2 amide bonds. The van der Waals surface area contributed by atoms with Crippen LogP contribution in [-0.4, -0.2) is 70.5 Å². The van der Waals surface area contributed by atoms with Gasteiger partial charge in [-0.05, 0) is 65.6 Å². The van der Waals surface area contributed by atoms with Crippen LogP contribution in [-0.2, 0) is 13.2 Å². The molecule has 0 aliphatic carbocycles. The predicted octanol–water partition coefficient (Wildman–Crippen LogP) is 4.69. The molecule has 266 valence electrons. The quantitative estimate of drug-likeness (QED) is 0.279. The molecule has 2 aromatic heterocycles. The maximum atomic E-state index is 13.0. The lowest BCUT2D eigenvalue weighted by molar-refractivity contribution is 0.0663. The van der Waals surface area contributed by atoms with Crippen molar-refractivity contribution in [3.05, 3.63) is 127 Å². The minimum atomic E-state index is -0.292. The average molecular weight is 758 g/mol. The van der Waals surface area contributed by atoms with Crippen molar-refractivity contribution in [1.29, 1.82) is 0 Å². The van der Waals surface area contributed by atoms with E-state index in [0.29, 0.717) is 35.7 Å². The van der Waals surface area contributed by atoms with E-state index in [1.165, 1.54) is 6.07 Å². The van der Waals surface area contributed by atoms with Crippen LogP contribution >= 0.6 is 15.9 Å². The van der Waals surface area contributed by atoms with Gasteiger partial charge in [-0.1, -0.05) is 60.7 Å². The van der Waals surface area contributed by atoms with Gasteiger partial charge in [0.1, 0.15) is 26.6 Å². The minimum absolute atomic E-state index is 0.114. The molecule has 0 N–H and O–H groups in total. The molecular formula is C38H41BrN6O6. The SMILES string of the molecule is O=C1c2c(OCc3ccccc3)c(=O)c(Br)cn2N2CCCCCN1C2.O=C1c2c(OCc3ccccc3)c(=O)ccn2N2CCCCCN1C2. The molecule has 0 atom stereocenters. The van der Waals surface area contributed by atoms with Crippen molar-refractivity contribution in [3.8, 4) is 11.5 Å². The Morgan fingerprint density at radius 3 is 1.63 bits per heavy atom. The molecule has 2 fully saturated rings. The van der Waals surface area contributed by atoms with Crippen molar-refractivity contribution < 1.29 is 19.1 Å². The third-order valence-corrected chi connectivity index (χ3v) is 10.1. The first kappa shape index (κ1) is 34.4. The number of amides is 2. The molecule has 0 spiro atoms. The van der Waals surface area contributed by atoms with Crippen LogP contribution in [0.4, 0.5) is 0 Å². The summed E-state index contributed by atoms with van der Waals surface area (Å²) in [5, 5.41) is 4.19. The van der Waals surface area contributed by atoms with Gasteiger partial charge in [0.25, 0.3) is 11.8 Å². The number of rotatable bonds is 6. The van der Waals surface area contributed by atoms with Gasteiger partial charge in [0.05, 0.1) is 4.47 Å². The van der Waals surface area contributed by atoms with E-state index < -0.39 is 0 Å². The van der Waals surface area contributed by atoms with Gasteiger partial charge in [-0.3, -0.25) is 38.5 Å². The topological polar surface area (TPSA) is 110 Å². The number of hydrogen-bond acceptors (Lipinski definition) is 8. The molecule has 6 heterocycles. The smallest absolute Gasteiger partial charge is 0.277 e. The predicted molar refractivity (Wildman–Crippen MR) is 196 cm³/mol. The Labute approximate surface area is 304 Å². The fourth-order valence-electron chi connectivity index (χ4n) is 6.85. The summed E-state index contributed by atoms with van der Waals surface area (Å²) in [5.74, 6) is -0.00940. The highest BCUT2D eigenvalue weighted by Gasteiger charge is 2.35. The summed E-state index contributed by atoms with van der Waals surface area (Å²) in [7, 11) is 0. The molecule has 0 radical (unpaired) electrons. The lowest BCUT2D eigenvalue weighted by Crippen LogP contribution is -2.55. The number of fused-ring (bicyclic) bond motifs is 8. The Morgan fingerprint density at radius 1 is 0.569 bits per heavy atom. The molecule has 0 unspecified atom stereocenters. The summed E-state index contributed by atoms with van der Waals surface area (Å²) in [5.41, 5.74) is 2.03. The molecule has 12 nitrogen and oxygen atoms in total. The summed E-state index contributed by atoms with van der Waals surface area (Å²) >= 11 is 3.33. The molecule has 51 heavy (non-hydrogen) atoms. The van der Waals surface area contributed by atoms with Gasteiger partial charge in [-0.2, -0.15) is 0 Å². The van der Waals surface area contributed by atoms with Crippen LogP contribution in [0.15, 0.2) is 93.2 Å². The van der Waals surface area contributed by atoms with Crippen molar-refractivity contribution in [2.75, 3.05) is 49.5 Å². The number of aromatic nitrogens is 2. The van der Waals surface area contributed by atoms with Gasteiger partial charge in [0.2, 0.25) is 10.9 Å². The molecule has 4 aliphatic heterocycles. The monoisotopic (exact) mass is 756 g/mol. The van der Waals surface area contributed by atoms with Crippen LogP contribution in [0.5, 0.6) is 11.5 Å². The Bertz CT molecular complexity index is 2000. The fraction of sp³-hybridized carbons (Fsp3) is 0.368. The highest BCUT2D eigenvalue weighted by molar-refractivity contribution is 9.10. The normalized spacial score (nSPS) is 16.8. The van der Waals surface area contributed by atoms with E-state index in [4.69, 9.17) is 9.47 Å². The second kappa shape index (κ2) is 15.5. The van der Waals surface area contributed by atoms with Crippen molar-refractivity contribution in [3.63, 3.8) is 0 Å². The molecule has 4 aliphatic rings. The van der Waals surface area contributed by atoms with Crippen LogP contribution in [0.25, 0.3) is 0 Å². The van der Waals surface area contributed by atoms with Crippen LogP contribution in [0, 0.1) is 0 Å². The van der Waals surface area contributed by atoms with Crippen LogP contribution in [0.1, 0.15) is 70.6 Å². The van der Waals surface area contributed by atoms with E-state index in [2.05, 4.69) is 25.9 Å². The number of hydrogen-bond donors (Lipinski definition) is 0. The van der Waals surface area contributed by atoms with Gasteiger partial charge in [0.15, 0.2) is 22.9 Å². The maximum absolute atomic E-state index is 13.0. The van der Waals surface area contributed by atoms with Crippen LogP contribution in [0.2, 0.25) is 0 Å². The van der Waals surface area contributed by atoms with Crippen molar-refractivity contribution >= 4 is 27.7 Å². The fourth-order valence-corrected chi connectivity index (χ4v) is 7.22. The van der Waals surface area contributed by atoms with Crippen molar-refractivity contribution in [1.82, 2.24) is 19.2 Å². The van der Waals surface area contributed by atoms with Crippen molar-refractivity contribution in [2.45, 2.75) is 51.7 Å². The largest absolute Gasteiger partial charge is 0.482 e. The lowest BCUT2D eigenvalue weighted by Gasteiger charge is -2.41. The zero-order chi connectivity index (χ0) is 35.3. The number of ether oxygens (including phenoxy) is 2. The minimum Gasteiger partial charge on any atom is -0.482 e. The Hall–Kier alpha value is -5.04. The molecule has 2 aromatic carbocycles. The zero-order valence-corrected chi connectivity index (χ0v) is 30.0. The zero-order valence-electron chi connectivity index (χ0n) is 28.4. The van der Waals surface area contributed by atoms with Gasteiger partial charge in [0, 0.05) is 44.6 Å². The molecule has 13 heteroatoms. The van der Waals surface area contributed by atoms with E-state index in [1.54, 1.807) is 26.6 Å². The van der Waals surface area contributed by atoms with Crippen LogP contribution < -0.4 is 30.3 Å². The van der Waals surface area contributed by atoms with Gasteiger partial charge >= 0.3 is 0 Å². The maximum Gasteiger partial charge on any atom is 0.277 e. The van der Waals surface area contributed by atoms with Crippen molar-refractivity contribution in [2.24, 2.45) is 0 Å². The Balaban J connectivity index is 0.000000159. The Morgan fingerprint density at radius 2 is 1.06 bits per heavy atom. The molecule has 8 rings (SSSR count). The first-order chi connectivity index (χ1) is 24.9. The molecule has 4 aromatic rings. The number of carbonyl (C=O) groups is 2. The second-order valence-electron chi connectivity index (χ2n) is 13.1. The van der Waals surface area contributed by atoms with E-state index in [9.17, 15) is 19.2 Å². The van der Waals surface area contributed by atoms with E-state index in [-0.39, 0.29) is 47.4 Å². The van der Waals surface area contributed by atoms with Gasteiger partial charge in [-0.15, -0.1) is 0 Å². The highest BCUT2D eigenvalue weighted by atomic mass is 79.9. The molecule has 2 saturated heterocycles. The average Bonchev–Trinajstić information content (AvgIpc) is 3.12. The first-order valence-electron chi connectivity index (χ1n) is 17.5. The number of nitrogens with zero attached hydrogens (tertiary/aromatic N) is 6. The summed E-state index contributed by atoms with van der Waals surface area (Å²) in [6.07, 6.45) is 9.69. The summed E-state index contributed by atoms with van der Waals surface area (Å²) in [6.45, 7) is 4.73. The Kier molecular flexibility index (Phi) is 10.4. The third kappa shape index (κ3) is 7.39. The van der Waals surface area contributed by atoms with E-state index in [1.807, 2.05) is 65.6 Å². The number of carbonyl (C=O) groups excluding carboxylic acids is 2. The van der Waals surface area contributed by atoms with E-state index in [0.717, 1.165) is 69.3 Å². The molecule has 4 bridgehead atoms. The number of halogens is 1. The molecule has 0 saturated carbocycles.